The van der Waals surface area contributed by atoms with Crippen molar-refractivity contribution in [3.05, 3.63) is 59.7 Å². The Hall–Kier alpha value is -2.71. The molecule has 0 radical (unpaired) electrons. The van der Waals surface area contributed by atoms with Gasteiger partial charge in [-0.05, 0) is 68.5 Å². The molecule has 0 atom stereocenters. The number of para-hydroxylation sites is 2. The maximum Gasteiger partial charge on any atom is 0.143 e. The van der Waals surface area contributed by atoms with Gasteiger partial charge >= 0.3 is 0 Å². The Bertz CT molecular complexity index is 976. The van der Waals surface area contributed by atoms with Crippen LogP contribution in [0.15, 0.2) is 42.6 Å². The summed E-state index contributed by atoms with van der Waals surface area (Å²) in [5.74, 6) is 1.94. The molecule has 1 aliphatic heterocycles. The van der Waals surface area contributed by atoms with Crippen LogP contribution in [0.5, 0.6) is 0 Å². The van der Waals surface area contributed by atoms with Crippen molar-refractivity contribution >= 4 is 11.0 Å². The molecule has 1 aromatic carbocycles. The van der Waals surface area contributed by atoms with Crippen molar-refractivity contribution in [2.75, 3.05) is 13.1 Å². The van der Waals surface area contributed by atoms with E-state index in [0.29, 0.717) is 5.69 Å². The van der Waals surface area contributed by atoms with Crippen LogP contribution in [-0.4, -0.2) is 32.5 Å². The van der Waals surface area contributed by atoms with Crippen molar-refractivity contribution in [3.8, 4) is 6.07 Å². The molecule has 1 saturated heterocycles. The summed E-state index contributed by atoms with van der Waals surface area (Å²) in [6.07, 6.45) is 7.53. The zero-order valence-corrected chi connectivity index (χ0v) is 16.5. The number of likely N-dealkylation sites (tertiary alicyclic amines) is 1. The third-order valence-corrected chi connectivity index (χ3v) is 6.01. The molecule has 144 valence electrons. The minimum atomic E-state index is 0.583. The van der Waals surface area contributed by atoms with Gasteiger partial charge in [0.25, 0.3) is 0 Å². The Morgan fingerprint density at radius 1 is 1.14 bits per heavy atom. The first-order valence-electron chi connectivity index (χ1n) is 10.2. The number of nitrogens with zero attached hydrogens (tertiary/aromatic N) is 5. The van der Waals surface area contributed by atoms with Gasteiger partial charge in [0.1, 0.15) is 17.6 Å². The van der Waals surface area contributed by atoms with Crippen LogP contribution >= 0.6 is 0 Å². The number of aromatic nitrogens is 3. The molecular formula is C23H27N5. The first-order chi connectivity index (χ1) is 13.7. The Kier molecular flexibility index (Phi) is 5.68. The summed E-state index contributed by atoms with van der Waals surface area (Å²) in [6.45, 7) is 3.22. The SMILES string of the molecule is Cn1c(CN2CCC(CCCc3cccnc3C#N)CC2)nc2ccccc21. The second-order valence-corrected chi connectivity index (χ2v) is 7.81. The van der Waals surface area contributed by atoms with Gasteiger partial charge < -0.3 is 4.57 Å². The summed E-state index contributed by atoms with van der Waals surface area (Å²) in [5.41, 5.74) is 3.96. The summed E-state index contributed by atoms with van der Waals surface area (Å²) in [6, 6.07) is 14.5. The van der Waals surface area contributed by atoms with Crippen molar-refractivity contribution in [1.82, 2.24) is 19.4 Å². The van der Waals surface area contributed by atoms with Crippen molar-refractivity contribution in [1.29, 1.82) is 5.26 Å². The molecule has 0 saturated carbocycles. The summed E-state index contributed by atoms with van der Waals surface area (Å²) in [7, 11) is 2.12. The molecule has 0 bridgehead atoms. The van der Waals surface area contributed by atoms with Crippen molar-refractivity contribution in [2.45, 2.75) is 38.6 Å². The van der Waals surface area contributed by atoms with E-state index in [9.17, 15) is 0 Å². The monoisotopic (exact) mass is 373 g/mol. The van der Waals surface area contributed by atoms with Crippen molar-refractivity contribution in [2.24, 2.45) is 13.0 Å². The van der Waals surface area contributed by atoms with Crippen molar-refractivity contribution < 1.29 is 0 Å². The second-order valence-electron chi connectivity index (χ2n) is 7.81. The third-order valence-electron chi connectivity index (χ3n) is 6.01. The molecule has 2 aromatic heterocycles. The van der Waals surface area contributed by atoms with E-state index in [1.807, 2.05) is 12.1 Å². The highest BCUT2D eigenvalue weighted by Crippen LogP contribution is 2.25. The number of nitriles is 1. The Balaban J connectivity index is 1.25. The third kappa shape index (κ3) is 4.07. The van der Waals surface area contributed by atoms with Crippen LogP contribution in [0.3, 0.4) is 0 Å². The highest BCUT2D eigenvalue weighted by atomic mass is 15.2. The van der Waals surface area contributed by atoms with E-state index in [-0.39, 0.29) is 0 Å². The molecule has 0 amide bonds. The Morgan fingerprint density at radius 2 is 1.96 bits per heavy atom. The van der Waals surface area contributed by atoms with Crippen LogP contribution in [0.2, 0.25) is 0 Å². The number of aryl methyl sites for hydroxylation is 2. The van der Waals surface area contributed by atoms with E-state index in [4.69, 9.17) is 10.2 Å². The van der Waals surface area contributed by atoms with Crippen LogP contribution in [0.1, 0.15) is 42.8 Å². The smallest absolute Gasteiger partial charge is 0.143 e. The Morgan fingerprint density at radius 3 is 2.75 bits per heavy atom. The highest BCUT2D eigenvalue weighted by molar-refractivity contribution is 5.75. The molecule has 3 heterocycles. The van der Waals surface area contributed by atoms with Gasteiger partial charge in [0.2, 0.25) is 0 Å². The first kappa shape index (κ1) is 18.6. The van der Waals surface area contributed by atoms with Gasteiger partial charge in [-0.3, -0.25) is 4.90 Å². The number of rotatable bonds is 6. The molecule has 3 aromatic rings. The maximum atomic E-state index is 9.16. The van der Waals surface area contributed by atoms with Gasteiger partial charge in [-0.1, -0.05) is 24.6 Å². The van der Waals surface area contributed by atoms with E-state index in [2.05, 4.69) is 51.8 Å². The fourth-order valence-corrected chi connectivity index (χ4v) is 4.29. The number of pyridine rings is 1. The molecule has 5 heteroatoms. The predicted octanol–water partition coefficient (Wildman–Crippen LogP) is 4.07. The fraction of sp³-hybridized carbons (Fsp3) is 0.435. The number of imidazole rings is 1. The van der Waals surface area contributed by atoms with Gasteiger partial charge in [-0.25, -0.2) is 9.97 Å². The van der Waals surface area contributed by atoms with E-state index >= 15 is 0 Å². The molecular weight excluding hydrogens is 346 g/mol. The summed E-state index contributed by atoms with van der Waals surface area (Å²) >= 11 is 0. The largest absolute Gasteiger partial charge is 0.330 e. The molecule has 5 nitrogen and oxygen atoms in total. The highest BCUT2D eigenvalue weighted by Gasteiger charge is 2.20. The van der Waals surface area contributed by atoms with Gasteiger partial charge in [0.05, 0.1) is 17.6 Å². The topological polar surface area (TPSA) is 57.7 Å². The lowest BCUT2D eigenvalue weighted by molar-refractivity contribution is 0.166. The van der Waals surface area contributed by atoms with Crippen LogP contribution in [0.25, 0.3) is 11.0 Å². The zero-order valence-electron chi connectivity index (χ0n) is 16.5. The number of hydrogen-bond acceptors (Lipinski definition) is 4. The zero-order chi connectivity index (χ0) is 19.3. The predicted molar refractivity (Wildman–Crippen MR) is 111 cm³/mol. The lowest BCUT2D eigenvalue weighted by Crippen LogP contribution is -2.34. The minimum Gasteiger partial charge on any atom is -0.330 e. The average molecular weight is 374 g/mol. The average Bonchev–Trinajstić information content (AvgIpc) is 3.05. The molecule has 4 rings (SSSR count). The van der Waals surface area contributed by atoms with Crippen LogP contribution < -0.4 is 0 Å². The molecule has 0 unspecified atom stereocenters. The van der Waals surface area contributed by atoms with E-state index < -0.39 is 0 Å². The van der Waals surface area contributed by atoms with Crippen molar-refractivity contribution in [3.63, 3.8) is 0 Å². The molecule has 0 spiro atoms. The maximum absolute atomic E-state index is 9.16. The fourth-order valence-electron chi connectivity index (χ4n) is 4.29. The van der Waals surface area contributed by atoms with E-state index in [1.165, 1.54) is 24.8 Å². The summed E-state index contributed by atoms with van der Waals surface area (Å²) in [5, 5.41) is 9.16. The molecule has 1 aliphatic rings. The summed E-state index contributed by atoms with van der Waals surface area (Å²) in [4.78, 5) is 11.5. The van der Waals surface area contributed by atoms with Gasteiger partial charge in [0.15, 0.2) is 0 Å². The van der Waals surface area contributed by atoms with E-state index in [1.54, 1.807) is 6.20 Å². The van der Waals surface area contributed by atoms with Gasteiger partial charge in [-0.2, -0.15) is 5.26 Å². The number of piperidine rings is 1. The number of fused-ring (bicyclic) bond motifs is 1. The number of hydrogen-bond donors (Lipinski definition) is 0. The van der Waals surface area contributed by atoms with Gasteiger partial charge in [-0.15, -0.1) is 0 Å². The minimum absolute atomic E-state index is 0.583. The van der Waals surface area contributed by atoms with Crippen LogP contribution in [-0.2, 0) is 20.0 Å². The standard InChI is InChI=1S/C23H27N5/c1-27-22-10-3-2-9-20(22)26-23(27)17-28-14-11-18(12-15-28)6-4-7-19-8-5-13-25-21(19)16-24/h2-3,5,8-10,13,18H,4,6-7,11-12,14-15,17H2,1H3. The normalized spacial score (nSPS) is 15.7. The summed E-state index contributed by atoms with van der Waals surface area (Å²) < 4.78 is 2.22. The quantitative estimate of drug-likeness (QED) is 0.653. The molecule has 28 heavy (non-hydrogen) atoms. The first-order valence-corrected chi connectivity index (χ1v) is 10.2. The van der Waals surface area contributed by atoms with Gasteiger partial charge in [0, 0.05) is 13.2 Å². The number of benzene rings is 1. The lowest BCUT2D eigenvalue weighted by atomic mass is 9.90. The molecule has 0 aliphatic carbocycles. The van der Waals surface area contributed by atoms with Crippen LogP contribution in [0.4, 0.5) is 0 Å². The lowest BCUT2D eigenvalue weighted by Gasteiger charge is -2.31. The van der Waals surface area contributed by atoms with E-state index in [0.717, 1.165) is 55.3 Å². The Labute approximate surface area is 166 Å². The second kappa shape index (κ2) is 8.53. The molecule has 0 N–H and O–H groups in total. The molecule has 1 fully saturated rings. The van der Waals surface area contributed by atoms with Crippen LogP contribution in [0, 0.1) is 17.2 Å².